The minimum atomic E-state index is -0.500. The molecule has 0 amide bonds. The van der Waals surface area contributed by atoms with Crippen molar-refractivity contribution in [2.45, 2.75) is 37.2 Å². The molecule has 4 heteroatoms. The molecule has 1 saturated carbocycles. The van der Waals surface area contributed by atoms with Crippen LogP contribution in [0.5, 0.6) is 0 Å². The van der Waals surface area contributed by atoms with E-state index in [9.17, 15) is 0 Å². The van der Waals surface area contributed by atoms with Crippen LogP contribution in [0, 0.1) is 5.92 Å². The van der Waals surface area contributed by atoms with Crippen LogP contribution >= 0.6 is 0 Å². The van der Waals surface area contributed by atoms with Crippen LogP contribution in [0.4, 0.5) is 0 Å². The molecule has 4 nitrogen and oxygen atoms in total. The standard InChI is InChI=1S/C33H35NO3/c1-21-18-27-25(20-28(21)34-14-16-37-17-15-34)29-26-19-24(22-10-6-4-7-11-22)32(35-2)31(26)33(27,36-3)30(29)23-12-8-5-9-13-23/h4-13,19,24,29-30H,14-18,20H2,1-3H3/t24-,29-,30-,33-/m0/s1. The van der Waals surface area contributed by atoms with Crippen LogP contribution < -0.4 is 0 Å². The maximum Gasteiger partial charge on any atom is 0.126 e. The van der Waals surface area contributed by atoms with Crippen molar-refractivity contribution in [2.75, 3.05) is 40.5 Å². The lowest BCUT2D eigenvalue weighted by Gasteiger charge is -2.40. The molecule has 2 fully saturated rings. The van der Waals surface area contributed by atoms with Gasteiger partial charge in [0.25, 0.3) is 0 Å². The van der Waals surface area contributed by atoms with Crippen molar-refractivity contribution in [1.82, 2.24) is 4.90 Å². The van der Waals surface area contributed by atoms with Crippen LogP contribution in [0.2, 0.25) is 0 Å². The third-order valence-corrected chi connectivity index (χ3v) is 9.40. The van der Waals surface area contributed by atoms with E-state index in [0.717, 1.165) is 44.9 Å². The molecule has 7 rings (SSSR count). The number of benzene rings is 2. The van der Waals surface area contributed by atoms with E-state index >= 15 is 0 Å². The number of ether oxygens (including phenoxy) is 3. The monoisotopic (exact) mass is 493 g/mol. The molecule has 1 aliphatic heterocycles. The second-order valence-corrected chi connectivity index (χ2v) is 10.9. The van der Waals surface area contributed by atoms with Crippen LogP contribution in [0.25, 0.3) is 0 Å². The van der Waals surface area contributed by atoms with Crippen molar-refractivity contribution < 1.29 is 14.2 Å². The van der Waals surface area contributed by atoms with Gasteiger partial charge in [0.1, 0.15) is 11.4 Å². The van der Waals surface area contributed by atoms with Crippen LogP contribution in [0.15, 0.2) is 106 Å². The summed E-state index contributed by atoms with van der Waals surface area (Å²) in [6.07, 6.45) is 4.44. The van der Waals surface area contributed by atoms with Crippen LogP contribution in [-0.2, 0) is 14.2 Å². The number of rotatable bonds is 5. The Kier molecular flexibility index (Phi) is 5.45. The Balaban J connectivity index is 1.40. The minimum Gasteiger partial charge on any atom is -0.500 e. The molecular weight excluding hydrogens is 458 g/mol. The average Bonchev–Trinajstić information content (AvgIpc) is 3.57. The molecule has 2 aromatic rings. The molecule has 0 unspecified atom stereocenters. The lowest BCUT2D eigenvalue weighted by Crippen LogP contribution is -2.40. The molecule has 2 aromatic carbocycles. The maximum atomic E-state index is 6.79. The summed E-state index contributed by atoms with van der Waals surface area (Å²) in [5.74, 6) is 1.71. The normalized spacial score (nSPS) is 30.6. The first-order valence-corrected chi connectivity index (χ1v) is 13.6. The number of fused-ring (bicyclic) bond motifs is 7. The van der Waals surface area contributed by atoms with E-state index in [4.69, 9.17) is 14.2 Å². The van der Waals surface area contributed by atoms with E-state index < -0.39 is 5.60 Å². The summed E-state index contributed by atoms with van der Waals surface area (Å²) in [6, 6.07) is 21.8. The second-order valence-electron chi connectivity index (χ2n) is 10.9. The van der Waals surface area contributed by atoms with Crippen molar-refractivity contribution in [2.24, 2.45) is 5.92 Å². The molecule has 1 heterocycles. The SMILES string of the molecule is COC1=C2C(=C[C@H]1c1ccccc1)[C@@H]1C3=C(CC(C)=C(N4CCOCC4)C3)[C@]2(OC)[C@H]1c1ccccc1. The Morgan fingerprint density at radius 2 is 1.57 bits per heavy atom. The van der Waals surface area contributed by atoms with Gasteiger partial charge in [-0.05, 0) is 41.2 Å². The van der Waals surface area contributed by atoms with E-state index in [1.807, 2.05) is 14.2 Å². The molecule has 5 aliphatic rings. The molecule has 2 bridgehead atoms. The van der Waals surface area contributed by atoms with Crippen molar-refractivity contribution >= 4 is 0 Å². The fraction of sp³-hybridized carbons (Fsp3) is 0.394. The summed E-state index contributed by atoms with van der Waals surface area (Å²) in [7, 11) is 3.75. The highest BCUT2D eigenvalue weighted by Gasteiger charge is 2.67. The minimum absolute atomic E-state index is 0.124. The molecule has 0 radical (unpaired) electrons. The second kappa shape index (κ2) is 8.75. The molecular formula is C33H35NO3. The summed E-state index contributed by atoms with van der Waals surface area (Å²) < 4.78 is 18.7. The molecule has 4 aliphatic carbocycles. The van der Waals surface area contributed by atoms with Crippen molar-refractivity contribution in [3.05, 3.63) is 117 Å². The highest BCUT2D eigenvalue weighted by atomic mass is 16.5. The van der Waals surface area contributed by atoms with Crippen molar-refractivity contribution in [3.63, 3.8) is 0 Å². The van der Waals surface area contributed by atoms with Gasteiger partial charge in [-0.2, -0.15) is 0 Å². The number of hydrogen-bond donors (Lipinski definition) is 0. The quantitative estimate of drug-likeness (QED) is 0.470. The van der Waals surface area contributed by atoms with E-state index in [0.29, 0.717) is 5.92 Å². The van der Waals surface area contributed by atoms with Gasteiger partial charge in [0.2, 0.25) is 0 Å². The zero-order valence-electron chi connectivity index (χ0n) is 22.0. The Bertz CT molecular complexity index is 1350. The average molecular weight is 494 g/mol. The van der Waals surface area contributed by atoms with Gasteiger partial charge in [-0.1, -0.05) is 72.3 Å². The molecule has 37 heavy (non-hydrogen) atoms. The van der Waals surface area contributed by atoms with E-state index in [1.165, 1.54) is 39.1 Å². The first-order valence-electron chi connectivity index (χ1n) is 13.6. The Labute approximate surface area is 219 Å². The first-order chi connectivity index (χ1) is 18.2. The summed E-state index contributed by atoms with van der Waals surface area (Å²) in [5.41, 5.74) is 10.8. The molecule has 0 N–H and O–H groups in total. The molecule has 1 saturated heterocycles. The number of hydrogen-bond acceptors (Lipinski definition) is 4. The van der Waals surface area contributed by atoms with E-state index in [2.05, 4.69) is 78.6 Å². The lowest BCUT2D eigenvalue weighted by atomic mass is 9.74. The summed E-state index contributed by atoms with van der Waals surface area (Å²) in [5, 5.41) is 0. The number of nitrogens with zero attached hydrogens (tertiary/aromatic N) is 1. The zero-order valence-corrected chi connectivity index (χ0v) is 22.0. The third kappa shape index (κ3) is 3.15. The summed E-state index contributed by atoms with van der Waals surface area (Å²) in [6.45, 7) is 5.92. The summed E-state index contributed by atoms with van der Waals surface area (Å²) in [4.78, 5) is 2.57. The molecule has 190 valence electrons. The number of morpholine rings is 1. The van der Waals surface area contributed by atoms with Crippen LogP contribution in [0.3, 0.4) is 0 Å². The fourth-order valence-corrected chi connectivity index (χ4v) is 7.97. The Morgan fingerprint density at radius 1 is 0.892 bits per heavy atom. The van der Waals surface area contributed by atoms with Crippen molar-refractivity contribution in [3.8, 4) is 0 Å². The van der Waals surface area contributed by atoms with Crippen molar-refractivity contribution in [1.29, 1.82) is 0 Å². The maximum absolute atomic E-state index is 6.79. The van der Waals surface area contributed by atoms with E-state index in [1.54, 1.807) is 5.57 Å². The predicted molar refractivity (Wildman–Crippen MR) is 145 cm³/mol. The molecule has 0 aromatic heterocycles. The Hall–Kier alpha value is -3.08. The number of methoxy groups -OCH3 is 2. The van der Waals surface area contributed by atoms with Gasteiger partial charge in [0.15, 0.2) is 0 Å². The molecule has 0 spiro atoms. The highest BCUT2D eigenvalue weighted by molar-refractivity contribution is 5.73. The van der Waals surface area contributed by atoms with Gasteiger partial charge < -0.3 is 19.1 Å². The summed E-state index contributed by atoms with van der Waals surface area (Å²) >= 11 is 0. The number of allylic oxidation sites excluding steroid dienone is 3. The van der Waals surface area contributed by atoms with Gasteiger partial charge in [-0.25, -0.2) is 0 Å². The predicted octanol–water partition coefficient (Wildman–Crippen LogP) is 6.12. The molecule has 4 atom stereocenters. The lowest BCUT2D eigenvalue weighted by molar-refractivity contribution is 0.0405. The highest BCUT2D eigenvalue weighted by Crippen LogP contribution is 2.71. The Morgan fingerprint density at radius 3 is 2.22 bits per heavy atom. The van der Waals surface area contributed by atoms with E-state index in [-0.39, 0.29) is 11.8 Å². The van der Waals surface area contributed by atoms with Crippen LogP contribution in [-0.4, -0.2) is 51.0 Å². The van der Waals surface area contributed by atoms with Crippen LogP contribution in [0.1, 0.15) is 42.7 Å². The first kappa shape index (κ1) is 23.1. The van der Waals surface area contributed by atoms with Gasteiger partial charge in [-0.3, -0.25) is 0 Å². The van der Waals surface area contributed by atoms with Gasteiger partial charge in [0, 0.05) is 49.7 Å². The fourth-order valence-electron chi connectivity index (χ4n) is 7.97. The van der Waals surface area contributed by atoms with Gasteiger partial charge >= 0.3 is 0 Å². The zero-order chi connectivity index (χ0) is 25.1. The smallest absolute Gasteiger partial charge is 0.126 e. The van der Waals surface area contributed by atoms with Gasteiger partial charge in [-0.15, -0.1) is 0 Å². The largest absolute Gasteiger partial charge is 0.500 e. The van der Waals surface area contributed by atoms with Gasteiger partial charge in [0.05, 0.1) is 26.2 Å². The topological polar surface area (TPSA) is 30.9 Å². The third-order valence-electron chi connectivity index (χ3n) is 9.40.